The van der Waals surface area contributed by atoms with Crippen LogP contribution in [-0.4, -0.2) is 37.9 Å². The lowest BCUT2D eigenvalue weighted by atomic mass is 10.1. The van der Waals surface area contributed by atoms with Crippen LogP contribution in [0.5, 0.6) is 0 Å². The summed E-state index contributed by atoms with van der Waals surface area (Å²) in [7, 11) is 1.58. The van der Waals surface area contributed by atoms with Gasteiger partial charge in [0.1, 0.15) is 6.07 Å². The number of carboxylic acid groups (broad SMARTS) is 1. The summed E-state index contributed by atoms with van der Waals surface area (Å²) in [6.45, 7) is 1.34. The second-order valence-corrected chi connectivity index (χ2v) is 4.72. The van der Waals surface area contributed by atoms with Crippen LogP contribution >= 0.6 is 15.9 Å². The molecule has 0 aliphatic carbocycles. The van der Waals surface area contributed by atoms with E-state index in [0.29, 0.717) is 29.7 Å². The molecule has 0 saturated carbocycles. The number of nitrogens with zero attached hydrogens (tertiary/aromatic N) is 2. The molecule has 1 rings (SSSR count). The van der Waals surface area contributed by atoms with E-state index >= 15 is 0 Å². The summed E-state index contributed by atoms with van der Waals surface area (Å²) in [4.78, 5) is 12.5. The highest BCUT2D eigenvalue weighted by molar-refractivity contribution is 9.10. The first-order chi connectivity index (χ1) is 9.10. The number of carboxylic acids is 1. The van der Waals surface area contributed by atoms with Crippen LogP contribution in [0.25, 0.3) is 0 Å². The first-order valence-corrected chi connectivity index (χ1v) is 6.53. The number of carbonyl (C=O) groups is 1. The molecule has 6 heteroatoms. The van der Waals surface area contributed by atoms with Gasteiger partial charge in [-0.2, -0.15) is 5.26 Å². The van der Waals surface area contributed by atoms with Crippen LogP contribution in [0, 0.1) is 11.3 Å². The van der Waals surface area contributed by atoms with Gasteiger partial charge in [0, 0.05) is 24.7 Å². The zero-order chi connectivity index (χ0) is 14.3. The number of rotatable bonds is 7. The fourth-order valence-corrected chi connectivity index (χ4v) is 2.12. The van der Waals surface area contributed by atoms with Crippen LogP contribution in [-0.2, 0) is 9.53 Å². The average molecular weight is 327 g/mol. The number of hydrogen-bond acceptors (Lipinski definition) is 4. The van der Waals surface area contributed by atoms with Crippen LogP contribution < -0.4 is 4.90 Å². The Bertz CT molecular complexity index is 485. The van der Waals surface area contributed by atoms with Gasteiger partial charge in [0.2, 0.25) is 0 Å². The van der Waals surface area contributed by atoms with Crippen LogP contribution in [0.3, 0.4) is 0 Å². The molecule has 19 heavy (non-hydrogen) atoms. The first kappa shape index (κ1) is 15.5. The second-order valence-electron chi connectivity index (χ2n) is 3.87. The Kier molecular flexibility index (Phi) is 6.33. The molecule has 0 atom stereocenters. The summed E-state index contributed by atoms with van der Waals surface area (Å²) >= 11 is 3.33. The topological polar surface area (TPSA) is 73.6 Å². The minimum atomic E-state index is -0.865. The van der Waals surface area contributed by atoms with Crippen molar-refractivity contribution in [2.24, 2.45) is 0 Å². The zero-order valence-electron chi connectivity index (χ0n) is 10.6. The largest absolute Gasteiger partial charge is 0.481 e. The van der Waals surface area contributed by atoms with Crippen LogP contribution in [0.1, 0.15) is 12.0 Å². The number of aliphatic carboxylic acids is 1. The van der Waals surface area contributed by atoms with Gasteiger partial charge < -0.3 is 14.7 Å². The van der Waals surface area contributed by atoms with Crippen molar-refractivity contribution in [1.82, 2.24) is 0 Å². The van der Waals surface area contributed by atoms with Gasteiger partial charge in [0.15, 0.2) is 0 Å². The summed E-state index contributed by atoms with van der Waals surface area (Å²) in [6.07, 6.45) is 0.0150. The van der Waals surface area contributed by atoms with Gasteiger partial charge in [-0.3, -0.25) is 4.79 Å². The fraction of sp³-hybridized carbons (Fsp3) is 0.385. The maximum absolute atomic E-state index is 10.7. The monoisotopic (exact) mass is 326 g/mol. The predicted octanol–water partition coefficient (Wildman–Crippen LogP) is 2.25. The minimum absolute atomic E-state index is 0.0150. The molecule has 5 nitrogen and oxygen atoms in total. The average Bonchev–Trinajstić information content (AvgIpc) is 2.38. The molecule has 0 heterocycles. The maximum Gasteiger partial charge on any atom is 0.305 e. The molecule has 0 aliphatic rings. The molecule has 0 aliphatic heterocycles. The Balaban J connectivity index is 2.99. The van der Waals surface area contributed by atoms with Crippen LogP contribution in [0.4, 0.5) is 5.69 Å². The predicted molar refractivity (Wildman–Crippen MR) is 75.2 cm³/mol. The molecule has 102 valence electrons. The van der Waals surface area contributed by atoms with Crippen molar-refractivity contribution in [2.75, 3.05) is 31.7 Å². The van der Waals surface area contributed by atoms with Crippen molar-refractivity contribution in [3.63, 3.8) is 0 Å². The van der Waals surface area contributed by atoms with E-state index in [1.54, 1.807) is 19.2 Å². The SMILES string of the molecule is COCCN(CCC(=O)O)c1cccc(Br)c1C#N. The van der Waals surface area contributed by atoms with Crippen molar-refractivity contribution >= 4 is 27.6 Å². The summed E-state index contributed by atoms with van der Waals surface area (Å²) in [5.41, 5.74) is 1.22. The van der Waals surface area contributed by atoms with E-state index in [9.17, 15) is 10.1 Å². The molecule has 0 amide bonds. The molecule has 0 radical (unpaired) electrons. The summed E-state index contributed by atoms with van der Waals surface area (Å²) in [5, 5.41) is 18.0. The molecule has 0 unspecified atom stereocenters. The Morgan fingerprint density at radius 2 is 2.26 bits per heavy atom. The van der Waals surface area contributed by atoms with Crippen LogP contribution in [0.2, 0.25) is 0 Å². The van der Waals surface area contributed by atoms with Crippen molar-refractivity contribution in [1.29, 1.82) is 5.26 Å². The molecule has 0 fully saturated rings. The first-order valence-electron chi connectivity index (χ1n) is 5.74. The highest BCUT2D eigenvalue weighted by Gasteiger charge is 2.14. The molecule has 1 N–H and O–H groups in total. The molecule has 0 aromatic heterocycles. The number of methoxy groups -OCH3 is 1. The van der Waals surface area contributed by atoms with Gasteiger partial charge in [0.25, 0.3) is 0 Å². The lowest BCUT2D eigenvalue weighted by Crippen LogP contribution is -2.30. The van der Waals surface area contributed by atoms with Gasteiger partial charge in [-0.1, -0.05) is 6.07 Å². The van der Waals surface area contributed by atoms with E-state index < -0.39 is 5.97 Å². The van der Waals surface area contributed by atoms with Crippen molar-refractivity contribution in [3.8, 4) is 6.07 Å². The van der Waals surface area contributed by atoms with Gasteiger partial charge in [-0.05, 0) is 28.1 Å². The van der Waals surface area contributed by atoms with Crippen LogP contribution in [0.15, 0.2) is 22.7 Å². The molecule has 0 saturated heterocycles. The summed E-state index contributed by atoms with van der Waals surface area (Å²) < 4.78 is 5.72. The maximum atomic E-state index is 10.7. The summed E-state index contributed by atoms with van der Waals surface area (Å²) in [6, 6.07) is 7.54. The zero-order valence-corrected chi connectivity index (χ0v) is 12.2. The third kappa shape index (κ3) is 4.54. The van der Waals surface area contributed by atoms with Gasteiger partial charge in [0.05, 0.1) is 24.3 Å². The second kappa shape index (κ2) is 7.77. The number of ether oxygens (including phenoxy) is 1. The molecule has 0 spiro atoms. The number of anilines is 1. The Morgan fingerprint density at radius 1 is 1.53 bits per heavy atom. The number of hydrogen-bond donors (Lipinski definition) is 1. The number of halogens is 1. The summed E-state index contributed by atoms with van der Waals surface area (Å²) in [5.74, 6) is -0.865. The van der Waals surface area contributed by atoms with E-state index in [-0.39, 0.29) is 6.42 Å². The van der Waals surface area contributed by atoms with Gasteiger partial charge in [-0.25, -0.2) is 0 Å². The van der Waals surface area contributed by atoms with E-state index in [0.717, 1.165) is 5.69 Å². The van der Waals surface area contributed by atoms with E-state index in [1.165, 1.54) is 0 Å². The molecule has 1 aromatic rings. The molecule has 0 bridgehead atoms. The number of nitriles is 1. The normalized spacial score (nSPS) is 9.95. The minimum Gasteiger partial charge on any atom is -0.481 e. The molecular formula is C13H15BrN2O3. The smallest absolute Gasteiger partial charge is 0.305 e. The lowest BCUT2D eigenvalue weighted by Gasteiger charge is -2.25. The third-order valence-electron chi connectivity index (χ3n) is 2.61. The van der Waals surface area contributed by atoms with Crippen molar-refractivity contribution < 1.29 is 14.6 Å². The Hall–Kier alpha value is -1.58. The lowest BCUT2D eigenvalue weighted by molar-refractivity contribution is -0.136. The highest BCUT2D eigenvalue weighted by Crippen LogP contribution is 2.27. The van der Waals surface area contributed by atoms with Gasteiger partial charge >= 0.3 is 5.97 Å². The Labute approximate surface area is 120 Å². The third-order valence-corrected chi connectivity index (χ3v) is 3.27. The van der Waals surface area contributed by atoms with E-state index in [2.05, 4.69) is 22.0 Å². The molecule has 1 aromatic carbocycles. The highest BCUT2D eigenvalue weighted by atomic mass is 79.9. The standard InChI is InChI=1S/C13H15BrN2O3/c1-19-8-7-16(6-5-13(17)18)12-4-2-3-11(14)10(12)9-15/h2-4H,5-8H2,1H3,(H,17,18). The Morgan fingerprint density at radius 3 is 2.84 bits per heavy atom. The fourth-order valence-electron chi connectivity index (χ4n) is 1.67. The van der Waals surface area contributed by atoms with Crippen molar-refractivity contribution in [2.45, 2.75) is 6.42 Å². The molecular weight excluding hydrogens is 312 g/mol. The van der Waals surface area contributed by atoms with Gasteiger partial charge in [-0.15, -0.1) is 0 Å². The van der Waals surface area contributed by atoms with Crippen molar-refractivity contribution in [3.05, 3.63) is 28.2 Å². The quantitative estimate of drug-likeness (QED) is 0.831. The number of benzene rings is 1. The van der Waals surface area contributed by atoms with E-state index in [4.69, 9.17) is 9.84 Å². The van der Waals surface area contributed by atoms with E-state index in [1.807, 2.05) is 11.0 Å².